The SMILES string of the molecule is CCOc1ccc(NC(=NC)SC)cc1-c1nc2c(C)nn(C)c2c(=O)[nH]1. The van der Waals surface area contributed by atoms with Crippen molar-refractivity contribution in [1.82, 2.24) is 19.7 Å². The molecule has 142 valence electrons. The molecule has 0 aliphatic carbocycles. The summed E-state index contributed by atoms with van der Waals surface area (Å²) in [5.41, 5.74) is 3.02. The van der Waals surface area contributed by atoms with E-state index in [1.807, 2.05) is 38.3 Å². The normalized spacial score (nSPS) is 11.8. The molecule has 0 spiro atoms. The molecule has 9 heteroatoms. The van der Waals surface area contributed by atoms with Crippen molar-refractivity contribution < 1.29 is 4.74 Å². The minimum absolute atomic E-state index is 0.237. The molecular formula is C18H22N6O2S. The molecule has 27 heavy (non-hydrogen) atoms. The topological polar surface area (TPSA) is 97.2 Å². The van der Waals surface area contributed by atoms with E-state index in [-0.39, 0.29) is 5.56 Å². The summed E-state index contributed by atoms with van der Waals surface area (Å²) >= 11 is 1.51. The highest BCUT2D eigenvalue weighted by Crippen LogP contribution is 2.31. The number of benzene rings is 1. The van der Waals surface area contributed by atoms with Gasteiger partial charge in [-0.1, -0.05) is 11.8 Å². The number of aromatic nitrogens is 4. The summed E-state index contributed by atoms with van der Waals surface area (Å²) in [6.07, 6.45) is 1.95. The van der Waals surface area contributed by atoms with Crippen molar-refractivity contribution in [2.45, 2.75) is 13.8 Å². The molecule has 0 unspecified atom stereocenters. The van der Waals surface area contributed by atoms with Gasteiger partial charge >= 0.3 is 0 Å². The third-order valence-electron chi connectivity index (χ3n) is 4.04. The van der Waals surface area contributed by atoms with Crippen LogP contribution in [0, 0.1) is 6.92 Å². The molecule has 2 aromatic heterocycles. The first-order chi connectivity index (χ1) is 13.0. The largest absolute Gasteiger partial charge is 0.493 e. The second-order valence-electron chi connectivity index (χ2n) is 5.82. The number of rotatable bonds is 4. The van der Waals surface area contributed by atoms with E-state index < -0.39 is 0 Å². The highest BCUT2D eigenvalue weighted by molar-refractivity contribution is 8.13. The van der Waals surface area contributed by atoms with Gasteiger partial charge in [0, 0.05) is 19.8 Å². The Morgan fingerprint density at radius 3 is 2.89 bits per heavy atom. The van der Waals surface area contributed by atoms with Crippen LogP contribution in [-0.2, 0) is 7.05 Å². The van der Waals surface area contributed by atoms with Gasteiger partial charge in [0.1, 0.15) is 17.1 Å². The maximum Gasteiger partial charge on any atom is 0.277 e. The fourth-order valence-corrected chi connectivity index (χ4v) is 3.27. The Labute approximate surface area is 161 Å². The number of aliphatic imine (C=N–C) groups is 1. The number of ether oxygens (including phenoxy) is 1. The maximum absolute atomic E-state index is 12.6. The molecule has 0 aliphatic rings. The Kier molecular flexibility index (Phi) is 5.50. The van der Waals surface area contributed by atoms with Crippen molar-refractivity contribution in [3.63, 3.8) is 0 Å². The van der Waals surface area contributed by atoms with Crippen molar-refractivity contribution in [3.05, 3.63) is 34.2 Å². The van der Waals surface area contributed by atoms with Crippen LogP contribution in [-0.4, -0.2) is 44.8 Å². The monoisotopic (exact) mass is 386 g/mol. The zero-order valence-corrected chi connectivity index (χ0v) is 16.8. The molecule has 0 radical (unpaired) electrons. The van der Waals surface area contributed by atoms with Crippen LogP contribution in [0.4, 0.5) is 5.69 Å². The predicted octanol–water partition coefficient (Wildman–Crippen LogP) is 2.79. The Hall–Kier alpha value is -2.81. The van der Waals surface area contributed by atoms with Gasteiger partial charge in [-0.15, -0.1) is 0 Å². The second kappa shape index (κ2) is 7.83. The number of aromatic amines is 1. The van der Waals surface area contributed by atoms with Crippen molar-refractivity contribution in [2.75, 3.05) is 25.2 Å². The van der Waals surface area contributed by atoms with E-state index in [9.17, 15) is 4.79 Å². The number of anilines is 1. The molecule has 3 aromatic rings. The lowest BCUT2D eigenvalue weighted by atomic mass is 10.1. The van der Waals surface area contributed by atoms with Crippen molar-refractivity contribution in [3.8, 4) is 17.1 Å². The van der Waals surface area contributed by atoms with Crippen LogP contribution in [0.25, 0.3) is 22.4 Å². The Morgan fingerprint density at radius 2 is 2.22 bits per heavy atom. The van der Waals surface area contributed by atoms with E-state index >= 15 is 0 Å². The number of thioether (sulfide) groups is 1. The quantitative estimate of drug-likeness (QED) is 0.529. The number of hydrogen-bond acceptors (Lipinski definition) is 6. The highest BCUT2D eigenvalue weighted by atomic mass is 32.2. The molecule has 1 aromatic carbocycles. The first-order valence-corrected chi connectivity index (χ1v) is 9.69. The first-order valence-electron chi connectivity index (χ1n) is 8.47. The third kappa shape index (κ3) is 3.68. The van der Waals surface area contributed by atoms with Crippen molar-refractivity contribution >= 4 is 33.7 Å². The summed E-state index contributed by atoms with van der Waals surface area (Å²) in [7, 11) is 3.46. The fraction of sp³-hybridized carbons (Fsp3) is 0.333. The molecular weight excluding hydrogens is 364 g/mol. The third-order valence-corrected chi connectivity index (χ3v) is 4.71. The van der Waals surface area contributed by atoms with Crippen LogP contribution in [0.5, 0.6) is 5.75 Å². The Balaban J connectivity index is 2.17. The second-order valence-corrected chi connectivity index (χ2v) is 6.62. The molecule has 0 saturated heterocycles. The van der Waals surface area contributed by atoms with E-state index in [4.69, 9.17) is 4.74 Å². The van der Waals surface area contributed by atoms with Crippen LogP contribution < -0.4 is 15.6 Å². The predicted molar refractivity (Wildman–Crippen MR) is 111 cm³/mol. The van der Waals surface area contributed by atoms with Gasteiger partial charge in [0.05, 0.1) is 17.9 Å². The molecule has 0 amide bonds. The number of nitrogens with one attached hydrogen (secondary N) is 2. The minimum atomic E-state index is -0.237. The zero-order valence-electron chi connectivity index (χ0n) is 16.0. The van der Waals surface area contributed by atoms with Gasteiger partial charge in [-0.05, 0) is 38.3 Å². The zero-order chi connectivity index (χ0) is 19.6. The number of amidine groups is 1. The summed E-state index contributed by atoms with van der Waals surface area (Å²) < 4.78 is 7.29. The summed E-state index contributed by atoms with van der Waals surface area (Å²) in [6.45, 7) is 4.25. The molecule has 0 aliphatic heterocycles. The van der Waals surface area contributed by atoms with Crippen LogP contribution >= 0.6 is 11.8 Å². The van der Waals surface area contributed by atoms with Gasteiger partial charge in [0.15, 0.2) is 10.7 Å². The number of fused-ring (bicyclic) bond motifs is 1. The van der Waals surface area contributed by atoms with Gasteiger partial charge in [-0.2, -0.15) is 5.10 Å². The molecule has 8 nitrogen and oxygen atoms in total. The molecule has 0 atom stereocenters. The molecule has 2 heterocycles. The van der Waals surface area contributed by atoms with E-state index in [1.54, 1.807) is 18.8 Å². The maximum atomic E-state index is 12.6. The summed E-state index contributed by atoms with van der Waals surface area (Å²) in [6, 6.07) is 5.65. The number of H-pyrrole nitrogens is 1. The van der Waals surface area contributed by atoms with E-state index in [0.717, 1.165) is 10.9 Å². The summed E-state index contributed by atoms with van der Waals surface area (Å²) in [4.78, 5) is 24.3. The average molecular weight is 386 g/mol. The van der Waals surface area contributed by atoms with E-state index in [2.05, 4.69) is 25.4 Å². The molecule has 0 saturated carbocycles. The molecule has 3 rings (SSSR count). The van der Waals surface area contributed by atoms with E-state index in [0.29, 0.717) is 40.5 Å². The highest BCUT2D eigenvalue weighted by Gasteiger charge is 2.16. The van der Waals surface area contributed by atoms with Crippen LogP contribution in [0.15, 0.2) is 28.0 Å². The summed E-state index contributed by atoms with van der Waals surface area (Å²) in [5, 5.41) is 8.32. The van der Waals surface area contributed by atoms with Crippen LogP contribution in [0.1, 0.15) is 12.6 Å². The lowest BCUT2D eigenvalue weighted by Gasteiger charge is -2.13. The average Bonchev–Trinajstić information content (AvgIpc) is 2.95. The fourth-order valence-electron chi connectivity index (χ4n) is 2.87. The number of aryl methyl sites for hydroxylation is 2. The van der Waals surface area contributed by atoms with Crippen molar-refractivity contribution in [2.24, 2.45) is 12.0 Å². The summed E-state index contributed by atoms with van der Waals surface area (Å²) in [5.74, 6) is 1.08. The van der Waals surface area contributed by atoms with Gasteiger partial charge in [0.2, 0.25) is 0 Å². The molecule has 0 fully saturated rings. The van der Waals surface area contributed by atoms with Crippen LogP contribution in [0.2, 0.25) is 0 Å². The van der Waals surface area contributed by atoms with Gasteiger partial charge in [0.25, 0.3) is 5.56 Å². The van der Waals surface area contributed by atoms with E-state index in [1.165, 1.54) is 11.8 Å². The molecule has 2 N–H and O–H groups in total. The molecule has 0 bridgehead atoms. The Bertz CT molecular complexity index is 1070. The Morgan fingerprint density at radius 1 is 1.44 bits per heavy atom. The first kappa shape index (κ1) is 19.0. The van der Waals surface area contributed by atoms with Gasteiger partial charge in [-0.3, -0.25) is 14.5 Å². The smallest absolute Gasteiger partial charge is 0.277 e. The number of nitrogens with zero attached hydrogens (tertiary/aromatic N) is 4. The van der Waals surface area contributed by atoms with Gasteiger partial charge < -0.3 is 15.0 Å². The number of hydrogen-bond donors (Lipinski definition) is 2. The van der Waals surface area contributed by atoms with Crippen molar-refractivity contribution in [1.29, 1.82) is 0 Å². The standard InChI is InChI=1S/C18H22N6O2S/c1-6-26-13-8-7-11(20-18(19-3)27-5)9-12(13)16-21-14-10(2)23-24(4)15(14)17(25)22-16/h7-9H,6H2,1-5H3,(H,19,20)(H,21,22,25). The minimum Gasteiger partial charge on any atom is -0.493 e. The van der Waals surface area contributed by atoms with Gasteiger partial charge in [-0.25, -0.2) is 4.98 Å². The lowest BCUT2D eigenvalue weighted by Crippen LogP contribution is -2.13. The van der Waals surface area contributed by atoms with Crippen LogP contribution in [0.3, 0.4) is 0 Å². The lowest BCUT2D eigenvalue weighted by molar-refractivity contribution is 0.341.